The summed E-state index contributed by atoms with van der Waals surface area (Å²) in [4.78, 5) is 55.7. The van der Waals surface area contributed by atoms with Gasteiger partial charge in [0.15, 0.2) is 0 Å². The number of benzene rings is 2. The molecule has 0 spiro atoms. The number of carbonyl (C=O) groups excluding carboxylic acids is 4. The molecule has 13 nitrogen and oxygen atoms in total. The minimum absolute atomic E-state index is 0.0139. The van der Waals surface area contributed by atoms with Gasteiger partial charge in [-0.1, -0.05) is 61.5 Å². The molecule has 3 heterocycles. The van der Waals surface area contributed by atoms with E-state index in [9.17, 15) is 19.2 Å². The molecule has 256 valence electrons. The van der Waals surface area contributed by atoms with Crippen LogP contribution in [0.2, 0.25) is 0 Å². The summed E-state index contributed by atoms with van der Waals surface area (Å²) in [7, 11) is 0. The van der Waals surface area contributed by atoms with E-state index in [1.165, 1.54) is 0 Å². The molecule has 5 rings (SSSR count). The van der Waals surface area contributed by atoms with E-state index in [0.29, 0.717) is 38.4 Å². The molecular formula is C35H46N8O5. The molecule has 1 saturated heterocycles. The normalized spacial score (nSPS) is 21.9. The Morgan fingerprint density at radius 1 is 0.979 bits per heavy atom. The number of hydrogen-bond donors (Lipinski definition) is 4. The Balaban J connectivity index is 1.37. The largest absolute Gasteiger partial charge is 0.492 e. The van der Waals surface area contributed by atoms with Crippen molar-refractivity contribution in [2.45, 2.75) is 70.6 Å². The van der Waals surface area contributed by atoms with Crippen LogP contribution >= 0.6 is 0 Å². The van der Waals surface area contributed by atoms with Crippen molar-refractivity contribution in [3.8, 4) is 5.75 Å². The predicted molar refractivity (Wildman–Crippen MR) is 179 cm³/mol. The van der Waals surface area contributed by atoms with E-state index in [0.717, 1.165) is 36.2 Å². The molecule has 2 aromatic carbocycles. The summed E-state index contributed by atoms with van der Waals surface area (Å²) >= 11 is 0. The fourth-order valence-electron chi connectivity index (χ4n) is 5.96. The molecular weight excluding hydrogens is 612 g/mol. The highest BCUT2D eigenvalue weighted by atomic mass is 16.5. The van der Waals surface area contributed by atoms with E-state index in [-0.39, 0.29) is 49.1 Å². The number of hydrogen-bond acceptors (Lipinski definition) is 8. The number of ether oxygens (including phenoxy) is 1. The van der Waals surface area contributed by atoms with E-state index in [1.807, 2.05) is 68.6 Å². The van der Waals surface area contributed by atoms with Crippen molar-refractivity contribution in [3.63, 3.8) is 0 Å². The quantitative estimate of drug-likeness (QED) is 0.324. The van der Waals surface area contributed by atoms with Gasteiger partial charge in [0.25, 0.3) is 0 Å². The first-order valence-corrected chi connectivity index (χ1v) is 16.8. The molecule has 3 aromatic rings. The van der Waals surface area contributed by atoms with Crippen LogP contribution in [0.4, 0.5) is 0 Å². The van der Waals surface area contributed by atoms with Crippen LogP contribution in [0, 0.1) is 5.92 Å². The Hall–Kier alpha value is -4.78. The monoisotopic (exact) mass is 658 g/mol. The van der Waals surface area contributed by atoms with Crippen LogP contribution in [0.25, 0.3) is 0 Å². The Labute approximate surface area is 281 Å². The zero-order valence-electron chi connectivity index (χ0n) is 27.7. The Kier molecular flexibility index (Phi) is 12.1. The van der Waals surface area contributed by atoms with Crippen LogP contribution in [0.3, 0.4) is 0 Å². The van der Waals surface area contributed by atoms with Crippen LogP contribution < -0.4 is 26.0 Å². The number of nitrogens with zero attached hydrogens (tertiary/aromatic N) is 4. The fourth-order valence-corrected chi connectivity index (χ4v) is 5.96. The first-order valence-electron chi connectivity index (χ1n) is 16.8. The van der Waals surface area contributed by atoms with Gasteiger partial charge >= 0.3 is 0 Å². The van der Waals surface area contributed by atoms with Crippen molar-refractivity contribution in [1.29, 1.82) is 0 Å². The standard InChI is InChI=1S/C35H46N8O5/c1-24(2)32-34(46)38-30(21-25-8-4-3-5-9-25)33(45)37-15-17-42(35(47)29-12-7-14-36-29)16-13-27-23-43(41-40-27)18-19-48-28-11-6-10-26(20-28)22-31(44)39-32/h3-6,8-11,20,23-24,29-30,32,36H,7,12-19,21-22H2,1-2H3,(H,37,45)(H,38,46)(H,39,44)/t29-,30-,32+/m0/s1. The van der Waals surface area contributed by atoms with Crippen LogP contribution in [0.15, 0.2) is 60.8 Å². The average Bonchev–Trinajstić information content (AvgIpc) is 3.78. The van der Waals surface area contributed by atoms with Gasteiger partial charge in [-0.15, -0.1) is 5.10 Å². The maximum absolute atomic E-state index is 13.6. The van der Waals surface area contributed by atoms with Gasteiger partial charge in [-0.25, -0.2) is 4.68 Å². The van der Waals surface area contributed by atoms with Crippen molar-refractivity contribution >= 4 is 23.6 Å². The summed E-state index contributed by atoms with van der Waals surface area (Å²) in [5.74, 6) is -0.770. The van der Waals surface area contributed by atoms with E-state index >= 15 is 0 Å². The topological polar surface area (TPSA) is 160 Å². The van der Waals surface area contributed by atoms with Gasteiger partial charge in [-0.3, -0.25) is 19.2 Å². The zero-order valence-corrected chi connectivity index (χ0v) is 27.7. The second-order valence-corrected chi connectivity index (χ2v) is 12.7. The average molecular weight is 659 g/mol. The van der Waals surface area contributed by atoms with Gasteiger partial charge in [0.1, 0.15) is 24.4 Å². The molecule has 0 radical (unpaired) electrons. The second kappa shape index (κ2) is 16.9. The summed E-state index contributed by atoms with van der Waals surface area (Å²) in [5, 5.41) is 20.5. The molecule has 0 aliphatic carbocycles. The molecule has 4 bridgehead atoms. The maximum atomic E-state index is 13.6. The first-order chi connectivity index (χ1) is 23.2. The minimum Gasteiger partial charge on any atom is -0.492 e. The third kappa shape index (κ3) is 9.86. The van der Waals surface area contributed by atoms with Crippen molar-refractivity contribution in [3.05, 3.63) is 77.6 Å². The lowest BCUT2D eigenvalue weighted by Crippen LogP contribution is -2.56. The molecule has 4 amide bonds. The summed E-state index contributed by atoms with van der Waals surface area (Å²) in [6, 6.07) is 14.7. The van der Waals surface area contributed by atoms with Gasteiger partial charge in [-0.05, 0) is 48.6 Å². The predicted octanol–water partition coefficient (Wildman–Crippen LogP) is 1.02. The van der Waals surface area contributed by atoms with E-state index < -0.39 is 18.0 Å². The molecule has 2 aliphatic heterocycles. The molecule has 1 aromatic heterocycles. The molecule has 0 unspecified atom stereocenters. The van der Waals surface area contributed by atoms with E-state index in [2.05, 4.69) is 31.6 Å². The van der Waals surface area contributed by atoms with Crippen molar-refractivity contribution in [2.75, 3.05) is 32.8 Å². The lowest BCUT2D eigenvalue weighted by molar-refractivity contribution is -0.134. The fraction of sp³-hybridized carbons (Fsp3) is 0.486. The summed E-state index contributed by atoms with van der Waals surface area (Å²) in [6.07, 6.45) is 4.35. The number of fused-ring (bicyclic) bond motifs is 4. The first kappa shape index (κ1) is 34.6. The lowest BCUT2D eigenvalue weighted by Gasteiger charge is -2.27. The second-order valence-electron chi connectivity index (χ2n) is 12.7. The highest BCUT2D eigenvalue weighted by molar-refractivity contribution is 5.92. The Morgan fingerprint density at radius 3 is 2.58 bits per heavy atom. The summed E-state index contributed by atoms with van der Waals surface area (Å²) < 4.78 is 7.65. The van der Waals surface area contributed by atoms with Crippen LogP contribution in [0.5, 0.6) is 5.75 Å². The van der Waals surface area contributed by atoms with Gasteiger partial charge in [-0.2, -0.15) is 0 Å². The van der Waals surface area contributed by atoms with Gasteiger partial charge in [0.05, 0.1) is 24.7 Å². The lowest BCUT2D eigenvalue weighted by atomic mass is 10.0. The highest BCUT2D eigenvalue weighted by Crippen LogP contribution is 2.15. The molecule has 48 heavy (non-hydrogen) atoms. The minimum atomic E-state index is -0.899. The van der Waals surface area contributed by atoms with Gasteiger partial charge in [0.2, 0.25) is 23.6 Å². The van der Waals surface area contributed by atoms with E-state index in [1.54, 1.807) is 15.6 Å². The summed E-state index contributed by atoms with van der Waals surface area (Å²) in [6.45, 7) is 6.20. The van der Waals surface area contributed by atoms with Crippen molar-refractivity contribution < 1.29 is 23.9 Å². The van der Waals surface area contributed by atoms with Crippen LogP contribution in [-0.4, -0.2) is 94.4 Å². The molecule has 3 atom stereocenters. The number of nitrogens with one attached hydrogen (secondary N) is 4. The Bertz CT molecular complexity index is 1540. The number of rotatable bonds is 4. The maximum Gasteiger partial charge on any atom is 0.243 e. The SMILES string of the molecule is CC(C)[C@H]1NC(=O)Cc2cccc(c2)OCCn2cc(nn2)CCN(C(=O)[C@@H]2CCCN2)CCNC(=O)[C@H](Cc2ccccc2)NC1=O. The third-order valence-electron chi connectivity index (χ3n) is 8.61. The van der Waals surface area contributed by atoms with E-state index in [4.69, 9.17) is 4.74 Å². The third-order valence-corrected chi connectivity index (χ3v) is 8.61. The van der Waals surface area contributed by atoms with Gasteiger partial charge < -0.3 is 30.9 Å². The molecule has 4 N–H and O–H groups in total. The number of carbonyl (C=O) groups is 4. The number of amides is 4. The molecule has 13 heteroatoms. The Morgan fingerprint density at radius 2 is 1.81 bits per heavy atom. The smallest absolute Gasteiger partial charge is 0.243 e. The zero-order chi connectivity index (χ0) is 33.9. The molecule has 2 aliphatic rings. The van der Waals surface area contributed by atoms with Crippen molar-refractivity contribution in [2.24, 2.45) is 5.92 Å². The number of aromatic nitrogens is 3. The van der Waals surface area contributed by atoms with Gasteiger partial charge in [0, 0.05) is 38.7 Å². The highest BCUT2D eigenvalue weighted by Gasteiger charge is 2.30. The van der Waals surface area contributed by atoms with Crippen LogP contribution in [0.1, 0.15) is 43.5 Å². The van der Waals surface area contributed by atoms with Crippen molar-refractivity contribution in [1.82, 2.24) is 41.2 Å². The summed E-state index contributed by atoms with van der Waals surface area (Å²) in [5.41, 5.74) is 2.36. The molecule has 0 saturated carbocycles. The van der Waals surface area contributed by atoms with Crippen LogP contribution in [-0.2, 0) is 45.0 Å². The molecule has 1 fully saturated rings.